The molecule has 0 amide bonds. The van der Waals surface area contributed by atoms with E-state index in [4.69, 9.17) is 4.42 Å². The van der Waals surface area contributed by atoms with Crippen LogP contribution in [0.2, 0.25) is 0 Å². The summed E-state index contributed by atoms with van der Waals surface area (Å²) in [6.45, 7) is 3.88. The van der Waals surface area contributed by atoms with Crippen molar-refractivity contribution in [3.05, 3.63) is 29.0 Å². The highest BCUT2D eigenvalue weighted by molar-refractivity contribution is 5.71. The van der Waals surface area contributed by atoms with Crippen LogP contribution >= 0.6 is 0 Å². The minimum absolute atomic E-state index is 0.108. The van der Waals surface area contributed by atoms with Gasteiger partial charge >= 0.3 is 5.76 Å². The molecule has 0 radical (unpaired) electrons. The molecular formula is C9H10N2O2. The van der Waals surface area contributed by atoms with E-state index < -0.39 is 0 Å². The summed E-state index contributed by atoms with van der Waals surface area (Å²) in [4.78, 5) is 15.2. The first kappa shape index (κ1) is 8.04. The number of oxazole rings is 1. The number of rotatable bonds is 1. The zero-order valence-electron chi connectivity index (χ0n) is 7.52. The van der Waals surface area contributed by atoms with Crippen LogP contribution in [0, 0.1) is 0 Å². The Morgan fingerprint density at radius 1 is 1.54 bits per heavy atom. The molecule has 2 aromatic rings. The van der Waals surface area contributed by atoms with Crippen molar-refractivity contribution in [2.75, 3.05) is 0 Å². The molecule has 0 saturated heterocycles. The zero-order chi connectivity index (χ0) is 9.42. The molecule has 0 aliphatic rings. The standard InChI is InChI=1S/C9H10N2O2/c1-6(2)11-7-3-4-10-5-8(7)13-9(11)12/h3-6H,1-2H3. The Morgan fingerprint density at radius 3 is 3.00 bits per heavy atom. The van der Waals surface area contributed by atoms with Crippen LogP contribution in [-0.4, -0.2) is 9.55 Å². The molecule has 2 heterocycles. The fraction of sp³-hybridized carbons (Fsp3) is 0.333. The van der Waals surface area contributed by atoms with Gasteiger partial charge in [0.2, 0.25) is 0 Å². The minimum atomic E-state index is -0.321. The lowest BCUT2D eigenvalue weighted by atomic mass is 10.3. The summed E-state index contributed by atoms with van der Waals surface area (Å²) in [5.41, 5.74) is 1.34. The molecule has 0 unspecified atom stereocenters. The van der Waals surface area contributed by atoms with Gasteiger partial charge in [0.15, 0.2) is 5.58 Å². The van der Waals surface area contributed by atoms with Gasteiger partial charge in [-0.05, 0) is 19.9 Å². The van der Waals surface area contributed by atoms with Gasteiger partial charge in [-0.2, -0.15) is 0 Å². The second kappa shape index (κ2) is 2.73. The van der Waals surface area contributed by atoms with Gasteiger partial charge < -0.3 is 4.42 Å². The summed E-state index contributed by atoms with van der Waals surface area (Å²) >= 11 is 0. The van der Waals surface area contributed by atoms with Crippen molar-refractivity contribution in [1.29, 1.82) is 0 Å². The van der Waals surface area contributed by atoms with Crippen molar-refractivity contribution in [1.82, 2.24) is 9.55 Å². The summed E-state index contributed by atoms with van der Waals surface area (Å²) in [6, 6.07) is 1.89. The maximum absolute atomic E-state index is 11.3. The van der Waals surface area contributed by atoms with Gasteiger partial charge in [-0.25, -0.2) is 4.79 Å². The smallest absolute Gasteiger partial charge is 0.406 e. The van der Waals surface area contributed by atoms with Crippen LogP contribution in [0.4, 0.5) is 0 Å². The van der Waals surface area contributed by atoms with Crippen LogP contribution in [0.5, 0.6) is 0 Å². The molecule has 0 aliphatic carbocycles. The maximum Gasteiger partial charge on any atom is 0.420 e. The quantitative estimate of drug-likeness (QED) is 0.665. The Hall–Kier alpha value is -1.58. The van der Waals surface area contributed by atoms with Gasteiger partial charge in [-0.15, -0.1) is 0 Å². The topological polar surface area (TPSA) is 48.0 Å². The molecule has 0 N–H and O–H groups in total. The second-order valence-electron chi connectivity index (χ2n) is 3.18. The third-order valence-electron chi connectivity index (χ3n) is 1.93. The SMILES string of the molecule is CC(C)n1c(=O)oc2cnccc21. The summed E-state index contributed by atoms with van der Waals surface area (Å²) < 4.78 is 6.61. The van der Waals surface area contributed by atoms with E-state index in [1.54, 1.807) is 23.0 Å². The lowest BCUT2D eigenvalue weighted by Gasteiger charge is -2.03. The van der Waals surface area contributed by atoms with Gasteiger partial charge in [0.25, 0.3) is 0 Å². The number of pyridine rings is 1. The first-order valence-corrected chi connectivity index (χ1v) is 4.15. The van der Waals surface area contributed by atoms with Gasteiger partial charge in [0, 0.05) is 12.2 Å². The lowest BCUT2D eigenvalue weighted by molar-refractivity contribution is 0.478. The van der Waals surface area contributed by atoms with Crippen LogP contribution in [0.15, 0.2) is 27.7 Å². The molecule has 0 fully saturated rings. The van der Waals surface area contributed by atoms with E-state index in [9.17, 15) is 4.79 Å². The van der Waals surface area contributed by atoms with E-state index >= 15 is 0 Å². The molecule has 0 bridgehead atoms. The van der Waals surface area contributed by atoms with E-state index in [1.807, 2.05) is 13.8 Å². The van der Waals surface area contributed by atoms with E-state index in [1.165, 1.54) is 0 Å². The highest BCUT2D eigenvalue weighted by Gasteiger charge is 2.10. The number of fused-ring (bicyclic) bond motifs is 1. The first-order chi connectivity index (χ1) is 6.20. The predicted octanol–water partition coefficient (Wildman–Crippen LogP) is 1.57. The van der Waals surface area contributed by atoms with Gasteiger partial charge in [-0.3, -0.25) is 9.55 Å². The number of aromatic nitrogens is 2. The Kier molecular flexibility index (Phi) is 1.69. The van der Waals surface area contributed by atoms with E-state index in [-0.39, 0.29) is 11.8 Å². The third kappa shape index (κ3) is 1.14. The highest BCUT2D eigenvalue weighted by Crippen LogP contribution is 2.14. The van der Waals surface area contributed by atoms with Crippen molar-refractivity contribution < 1.29 is 4.42 Å². The second-order valence-corrected chi connectivity index (χ2v) is 3.18. The summed E-state index contributed by atoms with van der Waals surface area (Å²) in [5, 5.41) is 0. The predicted molar refractivity (Wildman–Crippen MR) is 48.7 cm³/mol. The summed E-state index contributed by atoms with van der Waals surface area (Å²) in [5.74, 6) is -0.321. The number of hydrogen-bond acceptors (Lipinski definition) is 3. The molecular weight excluding hydrogens is 168 g/mol. The van der Waals surface area contributed by atoms with Crippen LogP contribution in [-0.2, 0) is 0 Å². The van der Waals surface area contributed by atoms with Crippen LogP contribution < -0.4 is 5.76 Å². The average Bonchev–Trinajstić information content (AvgIpc) is 2.39. The van der Waals surface area contributed by atoms with Gasteiger partial charge in [0.05, 0.1) is 11.7 Å². The first-order valence-electron chi connectivity index (χ1n) is 4.15. The van der Waals surface area contributed by atoms with Crippen molar-refractivity contribution in [3.63, 3.8) is 0 Å². The maximum atomic E-state index is 11.3. The minimum Gasteiger partial charge on any atom is -0.406 e. The van der Waals surface area contributed by atoms with E-state index in [0.29, 0.717) is 5.58 Å². The van der Waals surface area contributed by atoms with Gasteiger partial charge in [0.1, 0.15) is 0 Å². The van der Waals surface area contributed by atoms with E-state index in [2.05, 4.69) is 4.98 Å². The highest BCUT2D eigenvalue weighted by atomic mass is 16.4. The third-order valence-corrected chi connectivity index (χ3v) is 1.93. The zero-order valence-corrected chi connectivity index (χ0v) is 7.52. The van der Waals surface area contributed by atoms with Crippen LogP contribution in [0.3, 0.4) is 0 Å². The summed E-state index contributed by atoms with van der Waals surface area (Å²) in [7, 11) is 0. The Bertz CT molecular complexity index is 482. The Labute approximate surface area is 74.8 Å². The van der Waals surface area contributed by atoms with Crippen molar-refractivity contribution in [2.24, 2.45) is 0 Å². The molecule has 13 heavy (non-hydrogen) atoms. The van der Waals surface area contributed by atoms with Crippen molar-refractivity contribution >= 4 is 11.1 Å². The monoisotopic (exact) mass is 178 g/mol. The molecule has 68 valence electrons. The molecule has 0 aliphatic heterocycles. The van der Waals surface area contributed by atoms with E-state index in [0.717, 1.165) is 5.52 Å². The fourth-order valence-corrected chi connectivity index (χ4v) is 1.38. The molecule has 2 rings (SSSR count). The molecule has 4 nitrogen and oxygen atoms in total. The average molecular weight is 178 g/mol. The largest absolute Gasteiger partial charge is 0.420 e. The lowest BCUT2D eigenvalue weighted by Crippen LogP contribution is -2.15. The Balaban J connectivity index is 2.87. The normalized spacial score (nSPS) is 11.3. The Morgan fingerprint density at radius 2 is 2.31 bits per heavy atom. The molecule has 2 aromatic heterocycles. The molecule has 0 aromatic carbocycles. The molecule has 0 saturated carbocycles. The summed E-state index contributed by atoms with van der Waals surface area (Å²) in [6.07, 6.45) is 3.20. The molecule has 0 spiro atoms. The van der Waals surface area contributed by atoms with Gasteiger partial charge in [-0.1, -0.05) is 0 Å². The number of hydrogen-bond donors (Lipinski definition) is 0. The van der Waals surface area contributed by atoms with Crippen molar-refractivity contribution in [3.8, 4) is 0 Å². The van der Waals surface area contributed by atoms with Crippen molar-refractivity contribution in [2.45, 2.75) is 19.9 Å². The molecule has 0 atom stereocenters. The van der Waals surface area contributed by atoms with Crippen LogP contribution in [0.25, 0.3) is 11.1 Å². The molecule has 4 heteroatoms. The fourth-order valence-electron chi connectivity index (χ4n) is 1.38. The van der Waals surface area contributed by atoms with Crippen LogP contribution in [0.1, 0.15) is 19.9 Å². The number of nitrogens with zero attached hydrogens (tertiary/aromatic N) is 2.